The molecule has 1 unspecified atom stereocenters. The first-order valence-corrected chi connectivity index (χ1v) is 4.50. The molecular weight excluding hydrogens is 220 g/mol. The summed E-state index contributed by atoms with van der Waals surface area (Å²) in [6, 6.07) is 0. The van der Waals surface area contributed by atoms with Gasteiger partial charge in [0.2, 0.25) is 12.3 Å². The number of hydrogen-bond donors (Lipinski definition) is 4. The van der Waals surface area contributed by atoms with Crippen molar-refractivity contribution in [2.75, 3.05) is 19.9 Å². The summed E-state index contributed by atoms with van der Waals surface area (Å²) in [7, 11) is 0. The number of aliphatic carboxylic acids is 1. The summed E-state index contributed by atoms with van der Waals surface area (Å²) >= 11 is 0. The topological polar surface area (TPSA) is 125 Å². The molecule has 8 heteroatoms. The Morgan fingerprint density at radius 3 is 2.69 bits per heavy atom. The summed E-state index contributed by atoms with van der Waals surface area (Å²) in [6.07, 6.45) is -1.13. The summed E-state index contributed by atoms with van der Waals surface area (Å²) in [6.45, 7) is -0.245. The number of nitrogens with one attached hydrogen (secondary N) is 2. The van der Waals surface area contributed by atoms with Gasteiger partial charge in [-0.2, -0.15) is 0 Å². The maximum absolute atomic E-state index is 10.9. The summed E-state index contributed by atoms with van der Waals surface area (Å²) in [4.78, 5) is 30.8. The Kier molecular flexibility index (Phi) is 7.72. The Morgan fingerprint density at radius 1 is 1.44 bits per heavy atom. The summed E-state index contributed by atoms with van der Waals surface area (Å²) in [5.41, 5.74) is 0. The molecule has 0 saturated carbocycles. The van der Waals surface area contributed by atoms with Crippen LogP contribution in [0.2, 0.25) is 0 Å². The lowest BCUT2D eigenvalue weighted by Gasteiger charge is -2.07. The van der Waals surface area contributed by atoms with Gasteiger partial charge in [-0.25, -0.2) is 4.79 Å². The van der Waals surface area contributed by atoms with Gasteiger partial charge in [0.25, 0.3) is 0 Å². The normalized spacial score (nSPS) is 11.6. The molecule has 0 aliphatic heterocycles. The lowest BCUT2D eigenvalue weighted by molar-refractivity contribution is -0.147. The van der Waals surface area contributed by atoms with Gasteiger partial charge in [-0.1, -0.05) is 0 Å². The number of hydrogen-bond acceptors (Lipinski definition) is 5. The molecule has 0 bridgehead atoms. The molecule has 0 aliphatic rings. The molecule has 0 aliphatic carbocycles. The van der Waals surface area contributed by atoms with Crippen LogP contribution in [-0.2, 0) is 19.1 Å². The van der Waals surface area contributed by atoms with Crippen molar-refractivity contribution < 1.29 is 29.3 Å². The van der Waals surface area contributed by atoms with E-state index >= 15 is 0 Å². The fourth-order valence-corrected chi connectivity index (χ4v) is 0.719. The Hall–Kier alpha value is -1.67. The summed E-state index contributed by atoms with van der Waals surface area (Å²) in [5, 5.41) is 21.6. The highest BCUT2D eigenvalue weighted by molar-refractivity contribution is 5.79. The highest BCUT2D eigenvalue weighted by atomic mass is 16.5. The monoisotopic (exact) mass is 234 g/mol. The van der Waals surface area contributed by atoms with Gasteiger partial charge in [0.05, 0.1) is 13.2 Å². The average molecular weight is 234 g/mol. The molecule has 0 aromatic carbocycles. The van der Waals surface area contributed by atoms with Gasteiger partial charge < -0.3 is 25.6 Å². The third-order valence-corrected chi connectivity index (χ3v) is 1.54. The van der Waals surface area contributed by atoms with Crippen molar-refractivity contribution in [3.63, 3.8) is 0 Å². The van der Waals surface area contributed by atoms with Crippen molar-refractivity contribution >= 4 is 18.3 Å². The zero-order valence-electron chi connectivity index (χ0n) is 8.51. The number of amides is 2. The van der Waals surface area contributed by atoms with Crippen LogP contribution in [0.25, 0.3) is 0 Å². The van der Waals surface area contributed by atoms with E-state index in [1.807, 2.05) is 0 Å². The van der Waals surface area contributed by atoms with Gasteiger partial charge in [0, 0.05) is 6.42 Å². The number of carbonyl (C=O) groups is 3. The first kappa shape index (κ1) is 14.3. The van der Waals surface area contributed by atoms with E-state index in [1.54, 1.807) is 0 Å². The molecule has 2 amide bonds. The highest BCUT2D eigenvalue weighted by Crippen LogP contribution is 1.91. The highest BCUT2D eigenvalue weighted by Gasteiger charge is 2.11. The number of carbonyl (C=O) groups excluding carboxylic acids is 2. The third-order valence-electron chi connectivity index (χ3n) is 1.54. The number of aliphatic hydroxyl groups excluding tert-OH is 1. The molecule has 16 heavy (non-hydrogen) atoms. The van der Waals surface area contributed by atoms with Gasteiger partial charge in [0.1, 0.15) is 6.73 Å². The number of aliphatic hydroxyl groups is 1. The van der Waals surface area contributed by atoms with Crippen LogP contribution in [0.3, 0.4) is 0 Å². The third kappa shape index (κ3) is 7.71. The van der Waals surface area contributed by atoms with Crippen molar-refractivity contribution in [1.29, 1.82) is 0 Å². The Balaban J connectivity index is 3.36. The Labute approximate surface area is 91.6 Å². The van der Waals surface area contributed by atoms with Crippen LogP contribution in [0, 0.1) is 0 Å². The van der Waals surface area contributed by atoms with Crippen LogP contribution in [0.1, 0.15) is 6.42 Å². The van der Waals surface area contributed by atoms with E-state index in [9.17, 15) is 14.4 Å². The van der Waals surface area contributed by atoms with E-state index in [-0.39, 0.29) is 26.3 Å². The molecule has 0 fully saturated rings. The smallest absolute Gasteiger partial charge is 0.332 e. The first-order chi connectivity index (χ1) is 7.57. The second-order valence-corrected chi connectivity index (χ2v) is 2.79. The largest absolute Gasteiger partial charge is 0.479 e. The van der Waals surface area contributed by atoms with Crippen molar-refractivity contribution in [2.45, 2.75) is 12.5 Å². The van der Waals surface area contributed by atoms with Crippen LogP contribution < -0.4 is 10.6 Å². The van der Waals surface area contributed by atoms with Gasteiger partial charge in [0.15, 0.2) is 6.10 Å². The predicted octanol–water partition coefficient (Wildman–Crippen LogP) is -2.34. The molecular formula is C8H14N2O6. The van der Waals surface area contributed by atoms with Crippen LogP contribution >= 0.6 is 0 Å². The number of carboxylic acids is 1. The molecule has 1 atom stereocenters. The molecule has 4 N–H and O–H groups in total. The fourth-order valence-electron chi connectivity index (χ4n) is 0.719. The number of carboxylic acid groups (broad SMARTS) is 1. The second-order valence-electron chi connectivity index (χ2n) is 2.79. The molecule has 92 valence electrons. The van der Waals surface area contributed by atoms with Crippen LogP contribution in [0.5, 0.6) is 0 Å². The average Bonchev–Trinajstić information content (AvgIpc) is 2.25. The zero-order valence-corrected chi connectivity index (χ0v) is 8.51. The van der Waals surface area contributed by atoms with Crippen LogP contribution in [0.4, 0.5) is 0 Å². The standard InChI is InChI=1S/C8H14N2O6/c11-4-9-3-7(13)10-5-16-2-1-6(12)8(14)15/h4,6,12H,1-3,5H2,(H,9,11)(H,10,13)(H,14,15). The SMILES string of the molecule is O=CNCC(=O)NCOCCC(O)C(=O)O. The van der Waals surface area contributed by atoms with E-state index in [4.69, 9.17) is 14.9 Å². The van der Waals surface area contributed by atoms with Crippen molar-refractivity contribution in [3.05, 3.63) is 0 Å². The molecule has 0 heterocycles. The van der Waals surface area contributed by atoms with E-state index in [0.717, 1.165) is 0 Å². The van der Waals surface area contributed by atoms with Crippen molar-refractivity contribution in [1.82, 2.24) is 10.6 Å². The molecule has 0 saturated heterocycles. The zero-order chi connectivity index (χ0) is 12.4. The van der Waals surface area contributed by atoms with Crippen molar-refractivity contribution in [3.8, 4) is 0 Å². The molecule has 0 radical (unpaired) electrons. The molecule has 0 aromatic heterocycles. The lowest BCUT2D eigenvalue weighted by Crippen LogP contribution is -2.35. The van der Waals surface area contributed by atoms with Crippen LogP contribution in [-0.4, -0.2) is 54.5 Å². The Morgan fingerprint density at radius 2 is 2.12 bits per heavy atom. The number of rotatable bonds is 9. The Bertz CT molecular complexity index is 245. The summed E-state index contributed by atoms with van der Waals surface area (Å²) < 4.78 is 4.83. The van der Waals surface area contributed by atoms with E-state index < -0.39 is 18.0 Å². The minimum Gasteiger partial charge on any atom is -0.479 e. The quantitative estimate of drug-likeness (QED) is 0.201. The second kappa shape index (κ2) is 8.62. The van der Waals surface area contributed by atoms with E-state index in [1.165, 1.54) is 0 Å². The first-order valence-electron chi connectivity index (χ1n) is 4.50. The maximum atomic E-state index is 10.9. The van der Waals surface area contributed by atoms with Gasteiger partial charge in [-0.15, -0.1) is 0 Å². The lowest BCUT2D eigenvalue weighted by atomic mass is 10.3. The predicted molar refractivity (Wildman–Crippen MR) is 51.3 cm³/mol. The van der Waals surface area contributed by atoms with Gasteiger partial charge >= 0.3 is 5.97 Å². The molecule has 0 rings (SSSR count). The number of ether oxygens (including phenoxy) is 1. The fraction of sp³-hybridized carbons (Fsp3) is 0.625. The van der Waals surface area contributed by atoms with E-state index in [0.29, 0.717) is 6.41 Å². The van der Waals surface area contributed by atoms with Gasteiger partial charge in [-0.3, -0.25) is 9.59 Å². The molecule has 8 nitrogen and oxygen atoms in total. The van der Waals surface area contributed by atoms with Crippen LogP contribution in [0.15, 0.2) is 0 Å². The maximum Gasteiger partial charge on any atom is 0.332 e. The minimum absolute atomic E-state index is 0.00879. The minimum atomic E-state index is -1.47. The summed E-state index contributed by atoms with van der Waals surface area (Å²) in [5.74, 6) is -1.74. The molecule has 0 aromatic rings. The van der Waals surface area contributed by atoms with Crippen molar-refractivity contribution in [2.24, 2.45) is 0 Å². The molecule has 0 spiro atoms. The van der Waals surface area contributed by atoms with E-state index in [2.05, 4.69) is 10.6 Å². The van der Waals surface area contributed by atoms with Gasteiger partial charge in [-0.05, 0) is 0 Å².